The predicted molar refractivity (Wildman–Crippen MR) is 157 cm³/mol. The quantitative estimate of drug-likeness (QED) is 0.176. The Bertz CT molecular complexity index is 1640. The van der Waals surface area contributed by atoms with Crippen molar-refractivity contribution in [3.8, 4) is 0 Å². The van der Waals surface area contributed by atoms with Crippen molar-refractivity contribution >= 4 is 44.7 Å². The summed E-state index contributed by atoms with van der Waals surface area (Å²) in [5, 5.41) is 16.6. The third kappa shape index (κ3) is 6.39. The van der Waals surface area contributed by atoms with Crippen LogP contribution >= 0.6 is 0 Å². The highest BCUT2D eigenvalue weighted by molar-refractivity contribution is 7.90. The molecule has 2 amide bonds. The molecule has 216 valence electrons. The molecule has 41 heavy (non-hydrogen) atoms. The number of sulfone groups is 1. The Morgan fingerprint density at radius 1 is 1.10 bits per heavy atom. The minimum absolute atomic E-state index is 0.0182. The number of nitrogens with zero attached hydrogens (tertiary/aromatic N) is 2. The van der Waals surface area contributed by atoms with Crippen LogP contribution in [0.4, 0.5) is 11.4 Å². The second-order valence-corrected chi connectivity index (χ2v) is 11.8. The number of H-pyrrole nitrogens is 1. The van der Waals surface area contributed by atoms with Crippen LogP contribution < -0.4 is 10.6 Å². The standard InChI is InChI=1S/C29H33N5O6S/c1-5-33(6-2)14-13-30-29(36)27-18(3)26(31-19(27)4)16-24-23-15-22(11-12-25(23)32-28(24)35)41(39,40)17-20-7-9-21(10-8-20)34(37)38/h7-12,15-16,31H,5-6,13-14,17H2,1-4H3,(H,30,36)(H,32,35). The number of nitrogens with one attached hydrogen (secondary N) is 3. The molecule has 1 aliphatic rings. The summed E-state index contributed by atoms with van der Waals surface area (Å²) in [7, 11) is -3.82. The van der Waals surface area contributed by atoms with Gasteiger partial charge in [0.05, 0.1) is 26.7 Å². The zero-order valence-corrected chi connectivity index (χ0v) is 24.2. The lowest BCUT2D eigenvalue weighted by molar-refractivity contribution is -0.384. The van der Waals surface area contributed by atoms with E-state index in [0.29, 0.717) is 45.9 Å². The van der Waals surface area contributed by atoms with E-state index >= 15 is 0 Å². The van der Waals surface area contributed by atoms with Crippen molar-refractivity contribution < 1.29 is 22.9 Å². The minimum Gasteiger partial charge on any atom is -0.358 e. The van der Waals surface area contributed by atoms with Gasteiger partial charge in [0, 0.05) is 47.9 Å². The van der Waals surface area contributed by atoms with Crippen molar-refractivity contribution in [3.63, 3.8) is 0 Å². The molecular formula is C29H33N5O6S. The number of non-ortho nitro benzene ring substituents is 1. The molecular weight excluding hydrogens is 546 g/mol. The molecule has 0 unspecified atom stereocenters. The van der Waals surface area contributed by atoms with E-state index < -0.39 is 14.8 Å². The molecule has 0 saturated carbocycles. The van der Waals surface area contributed by atoms with E-state index in [9.17, 15) is 28.1 Å². The van der Waals surface area contributed by atoms with E-state index in [1.807, 2.05) is 0 Å². The SMILES string of the molecule is CCN(CC)CCNC(=O)c1c(C)[nH]c(C=C2C(=O)Nc3ccc(S(=O)(=O)Cc4ccc([N+](=O)[O-])cc4)cc32)c1C. The summed E-state index contributed by atoms with van der Waals surface area (Å²) in [6.07, 6.45) is 1.63. The van der Waals surface area contributed by atoms with E-state index in [4.69, 9.17) is 0 Å². The van der Waals surface area contributed by atoms with Crippen LogP contribution in [0.15, 0.2) is 47.4 Å². The molecule has 2 heterocycles. The summed E-state index contributed by atoms with van der Waals surface area (Å²) in [5.41, 5.74) is 3.88. The number of nitro groups is 1. The highest BCUT2D eigenvalue weighted by Gasteiger charge is 2.28. The summed E-state index contributed by atoms with van der Waals surface area (Å²) >= 11 is 0. The van der Waals surface area contributed by atoms with Crippen LogP contribution in [0.1, 0.15) is 52.3 Å². The Balaban J connectivity index is 1.59. The van der Waals surface area contributed by atoms with Crippen LogP contribution in [0.3, 0.4) is 0 Å². The molecule has 12 heteroatoms. The summed E-state index contributed by atoms with van der Waals surface area (Å²) in [4.78, 5) is 41.6. The maximum absolute atomic E-state index is 13.2. The number of aromatic nitrogens is 1. The van der Waals surface area contributed by atoms with Crippen molar-refractivity contribution in [3.05, 3.63) is 86.2 Å². The Morgan fingerprint density at radius 3 is 2.41 bits per heavy atom. The lowest BCUT2D eigenvalue weighted by Gasteiger charge is -2.18. The number of hydrogen-bond acceptors (Lipinski definition) is 7. The summed E-state index contributed by atoms with van der Waals surface area (Å²) in [5.74, 6) is -0.947. The molecule has 2 aromatic carbocycles. The van der Waals surface area contributed by atoms with Crippen LogP contribution in [-0.4, -0.2) is 61.2 Å². The average molecular weight is 580 g/mol. The lowest BCUT2D eigenvalue weighted by Crippen LogP contribution is -2.35. The van der Waals surface area contributed by atoms with E-state index in [0.717, 1.165) is 19.6 Å². The van der Waals surface area contributed by atoms with Crippen molar-refractivity contribution in [1.82, 2.24) is 15.2 Å². The van der Waals surface area contributed by atoms with Gasteiger partial charge in [-0.1, -0.05) is 26.0 Å². The number of amides is 2. The number of carbonyl (C=O) groups excluding carboxylic acids is 2. The number of likely N-dealkylation sites (N-methyl/N-ethyl adjacent to an activating group) is 1. The molecule has 0 fully saturated rings. The number of nitro benzene ring substituents is 1. The fourth-order valence-corrected chi connectivity index (χ4v) is 6.25. The largest absolute Gasteiger partial charge is 0.358 e. The molecule has 3 aromatic rings. The number of rotatable bonds is 11. The summed E-state index contributed by atoms with van der Waals surface area (Å²) in [6.45, 7) is 10.8. The first-order valence-electron chi connectivity index (χ1n) is 13.3. The van der Waals surface area contributed by atoms with Crippen LogP contribution in [0.2, 0.25) is 0 Å². The number of hydrogen-bond donors (Lipinski definition) is 3. The maximum Gasteiger partial charge on any atom is 0.269 e. The van der Waals surface area contributed by atoms with Gasteiger partial charge in [0.25, 0.3) is 17.5 Å². The first-order valence-corrected chi connectivity index (χ1v) is 14.9. The average Bonchev–Trinajstić information content (AvgIpc) is 3.40. The highest BCUT2D eigenvalue weighted by Crippen LogP contribution is 2.36. The van der Waals surface area contributed by atoms with Gasteiger partial charge in [-0.25, -0.2) is 8.42 Å². The van der Waals surface area contributed by atoms with Crippen molar-refractivity contribution in [2.24, 2.45) is 0 Å². The Morgan fingerprint density at radius 2 is 1.78 bits per heavy atom. The third-order valence-electron chi connectivity index (χ3n) is 7.24. The van der Waals surface area contributed by atoms with Crippen LogP contribution in [0.25, 0.3) is 11.6 Å². The number of carbonyl (C=O) groups is 2. The summed E-state index contributed by atoms with van der Waals surface area (Å²) in [6, 6.07) is 9.76. The van der Waals surface area contributed by atoms with E-state index in [2.05, 4.69) is 34.4 Å². The zero-order chi connectivity index (χ0) is 29.9. The van der Waals surface area contributed by atoms with Crippen molar-refractivity contribution in [2.75, 3.05) is 31.5 Å². The van der Waals surface area contributed by atoms with Crippen molar-refractivity contribution in [2.45, 2.75) is 38.3 Å². The van der Waals surface area contributed by atoms with Gasteiger partial charge in [-0.05, 0) is 62.3 Å². The van der Waals surface area contributed by atoms with Gasteiger partial charge in [0.15, 0.2) is 9.84 Å². The minimum atomic E-state index is -3.82. The highest BCUT2D eigenvalue weighted by atomic mass is 32.2. The number of aromatic amines is 1. The molecule has 0 aliphatic carbocycles. The second-order valence-electron chi connectivity index (χ2n) is 9.85. The molecule has 0 spiro atoms. The predicted octanol–water partition coefficient (Wildman–Crippen LogP) is 4.08. The number of anilines is 1. The molecule has 0 atom stereocenters. The van der Waals surface area contributed by atoms with Gasteiger partial charge in [-0.15, -0.1) is 0 Å². The molecule has 0 bridgehead atoms. The number of fused-ring (bicyclic) bond motifs is 1. The lowest BCUT2D eigenvalue weighted by atomic mass is 10.0. The number of benzene rings is 2. The van der Waals surface area contributed by atoms with Crippen LogP contribution in [0, 0.1) is 24.0 Å². The molecule has 11 nitrogen and oxygen atoms in total. The van der Waals surface area contributed by atoms with Gasteiger partial charge < -0.3 is 20.5 Å². The molecule has 1 aromatic heterocycles. The monoisotopic (exact) mass is 579 g/mol. The smallest absolute Gasteiger partial charge is 0.269 e. The molecule has 1 aliphatic heterocycles. The molecule has 0 saturated heterocycles. The summed E-state index contributed by atoms with van der Waals surface area (Å²) < 4.78 is 26.4. The maximum atomic E-state index is 13.2. The Hall–Kier alpha value is -4.29. The number of aryl methyl sites for hydroxylation is 1. The third-order valence-corrected chi connectivity index (χ3v) is 8.92. The normalized spacial score (nSPS) is 13.9. The Kier molecular flexibility index (Phi) is 8.74. The fourth-order valence-electron chi connectivity index (χ4n) is 4.88. The van der Waals surface area contributed by atoms with Crippen LogP contribution in [0.5, 0.6) is 0 Å². The van der Waals surface area contributed by atoms with Gasteiger partial charge >= 0.3 is 0 Å². The second kappa shape index (κ2) is 12.1. The van der Waals surface area contributed by atoms with E-state index in [1.54, 1.807) is 26.0 Å². The topological polar surface area (TPSA) is 155 Å². The zero-order valence-electron chi connectivity index (χ0n) is 23.4. The fraction of sp³-hybridized carbons (Fsp3) is 0.310. The molecule has 4 rings (SSSR count). The van der Waals surface area contributed by atoms with E-state index in [-0.39, 0.29) is 33.7 Å². The molecule has 0 radical (unpaired) electrons. The van der Waals surface area contributed by atoms with E-state index in [1.165, 1.54) is 36.4 Å². The van der Waals surface area contributed by atoms with Crippen molar-refractivity contribution in [1.29, 1.82) is 0 Å². The molecule has 3 N–H and O–H groups in total. The van der Waals surface area contributed by atoms with Crippen LogP contribution in [-0.2, 0) is 20.4 Å². The van der Waals surface area contributed by atoms with Gasteiger partial charge in [0.1, 0.15) is 0 Å². The Labute approximate surface area is 238 Å². The van der Waals surface area contributed by atoms with Gasteiger partial charge in [-0.3, -0.25) is 19.7 Å². The van der Waals surface area contributed by atoms with Gasteiger partial charge in [0.2, 0.25) is 0 Å². The van der Waals surface area contributed by atoms with Gasteiger partial charge in [-0.2, -0.15) is 0 Å². The first-order chi connectivity index (χ1) is 19.4. The first kappa shape index (κ1) is 29.7.